The predicted octanol–water partition coefficient (Wildman–Crippen LogP) is 14.0. The van der Waals surface area contributed by atoms with E-state index in [4.69, 9.17) is 15.0 Å². The zero-order valence-corrected chi connectivity index (χ0v) is 33.6. The second kappa shape index (κ2) is 13.4. The van der Waals surface area contributed by atoms with Gasteiger partial charge < -0.3 is 0 Å². The minimum Gasteiger partial charge on any atom is -0.277 e. The first-order valence-corrected chi connectivity index (χ1v) is 21.2. The summed E-state index contributed by atoms with van der Waals surface area (Å²) >= 11 is 0. The lowest BCUT2D eigenvalue weighted by Crippen LogP contribution is -2.25. The first-order valence-electron chi connectivity index (χ1n) is 21.2. The summed E-state index contributed by atoms with van der Waals surface area (Å²) in [6, 6.07) is 78.6. The lowest BCUT2D eigenvalue weighted by molar-refractivity contribution is 0.794. The Morgan fingerprint density at radius 3 is 1.40 bits per heavy atom. The summed E-state index contributed by atoms with van der Waals surface area (Å²) in [6.07, 6.45) is 0. The Labute approximate surface area is 359 Å². The van der Waals surface area contributed by atoms with Gasteiger partial charge in [0.1, 0.15) is 0 Å². The molecule has 62 heavy (non-hydrogen) atoms. The van der Waals surface area contributed by atoms with E-state index in [2.05, 4.69) is 199 Å². The Morgan fingerprint density at radius 2 is 0.758 bits per heavy atom. The SMILES string of the molecule is c1ccc(-c2ccc(-c3nc(-c4ccccc4)nc(-n4c5ccccc5c5cccc(-c6ccc7c(c6)C6(c8ccccc8-c8ccccc86)c6ccccc6-7)c54)n3)cc2)cc1. The van der Waals surface area contributed by atoms with Crippen molar-refractivity contribution in [3.05, 3.63) is 241 Å². The molecule has 9 aromatic carbocycles. The number of hydrogen-bond donors (Lipinski definition) is 0. The molecule has 0 fully saturated rings. The van der Waals surface area contributed by atoms with Gasteiger partial charge in [-0.25, -0.2) is 4.98 Å². The molecule has 0 aliphatic heterocycles. The van der Waals surface area contributed by atoms with E-state index in [1.54, 1.807) is 0 Å². The lowest BCUT2D eigenvalue weighted by Gasteiger charge is -2.30. The van der Waals surface area contributed by atoms with Crippen LogP contribution in [0.4, 0.5) is 0 Å². The van der Waals surface area contributed by atoms with Crippen molar-refractivity contribution in [1.29, 1.82) is 0 Å². The van der Waals surface area contributed by atoms with Crippen molar-refractivity contribution < 1.29 is 0 Å². The van der Waals surface area contributed by atoms with Gasteiger partial charge in [-0.1, -0.05) is 206 Å². The summed E-state index contributed by atoms with van der Waals surface area (Å²) in [6.45, 7) is 0. The normalized spacial score (nSPS) is 13.0. The minimum absolute atomic E-state index is 0.445. The molecule has 2 aliphatic rings. The predicted molar refractivity (Wildman–Crippen MR) is 252 cm³/mol. The maximum Gasteiger partial charge on any atom is 0.238 e. The fraction of sp³-hybridized carbons (Fsp3) is 0.0172. The van der Waals surface area contributed by atoms with Crippen LogP contribution in [0.1, 0.15) is 22.3 Å². The molecule has 4 nitrogen and oxygen atoms in total. The molecule has 2 heterocycles. The van der Waals surface area contributed by atoms with Crippen molar-refractivity contribution in [2.75, 3.05) is 0 Å². The van der Waals surface area contributed by atoms with Crippen molar-refractivity contribution in [3.63, 3.8) is 0 Å². The quantitative estimate of drug-likeness (QED) is 0.174. The molecular formula is C58H36N4. The van der Waals surface area contributed by atoms with Gasteiger partial charge in [-0.05, 0) is 73.3 Å². The fourth-order valence-corrected chi connectivity index (χ4v) is 10.5. The molecule has 0 saturated carbocycles. The first-order chi connectivity index (χ1) is 30.8. The molecule has 0 unspecified atom stereocenters. The standard InChI is InChI=1S/C58H36N4/c1-3-16-37(17-4-1)38-30-32-40(33-31-38)56-59-55(39-18-5-2-6-19-39)60-57(61-56)62-53-29-14-10-23-47(53)48-25-15-24-42(54(48)62)41-34-35-46-45-22-9-13-28-51(45)58(52(46)36-41)49-26-11-7-20-43(49)44-21-8-12-27-50(44)58/h1-36H. The zero-order chi connectivity index (χ0) is 40.8. The molecule has 0 amide bonds. The van der Waals surface area contributed by atoms with Crippen LogP contribution in [0.3, 0.4) is 0 Å². The average Bonchev–Trinajstić information content (AvgIpc) is 3.96. The van der Waals surface area contributed by atoms with Crippen molar-refractivity contribution >= 4 is 21.8 Å². The highest BCUT2D eigenvalue weighted by atomic mass is 15.2. The molecule has 0 bridgehead atoms. The smallest absolute Gasteiger partial charge is 0.238 e. The van der Waals surface area contributed by atoms with E-state index < -0.39 is 5.41 Å². The molecule has 0 radical (unpaired) electrons. The Balaban J connectivity index is 1.06. The maximum absolute atomic E-state index is 5.34. The van der Waals surface area contributed by atoms with Gasteiger partial charge in [0.05, 0.1) is 16.4 Å². The zero-order valence-electron chi connectivity index (χ0n) is 33.6. The first kappa shape index (κ1) is 34.6. The van der Waals surface area contributed by atoms with Crippen LogP contribution >= 0.6 is 0 Å². The number of nitrogens with zero attached hydrogens (tertiary/aromatic N) is 4. The van der Waals surface area contributed by atoms with Gasteiger partial charge in [-0.15, -0.1) is 0 Å². The molecule has 13 rings (SSSR count). The third kappa shape index (κ3) is 4.92. The molecule has 0 N–H and O–H groups in total. The monoisotopic (exact) mass is 788 g/mol. The Hall–Kier alpha value is -8.21. The van der Waals surface area contributed by atoms with E-state index in [1.165, 1.54) is 50.1 Å². The van der Waals surface area contributed by atoms with Gasteiger partial charge in [0, 0.05) is 27.5 Å². The number of rotatable bonds is 5. The molecule has 4 heteroatoms. The van der Waals surface area contributed by atoms with E-state index in [-0.39, 0.29) is 0 Å². The van der Waals surface area contributed by atoms with Crippen molar-refractivity contribution in [2.45, 2.75) is 5.41 Å². The van der Waals surface area contributed by atoms with E-state index in [0.29, 0.717) is 17.6 Å². The maximum atomic E-state index is 5.34. The van der Waals surface area contributed by atoms with Crippen LogP contribution in [0.2, 0.25) is 0 Å². The van der Waals surface area contributed by atoms with Crippen molar-refractivity contribution in [1.82, 2.24) is 19.5 Å². The van der Waals surface area contributed by atoms with Gasteiger partial charge >= 0.3 is 0 Å². The van der Waals surface area contributed by atoms with Gasteiger partial charge in [-0.3, -0.25) is 4.57 Å². The number of para-hydroxylation sites is 2. The lowest BCUT2D eigenvalue weighted by atomic mass is 9.70. The van der Waals surface area contributed by atoms with E-state index in [1.807, 2.05) is 24.3 Å². The van der Waals surface area contributed by atoms with E-state index >= 15 is 0 Å². The molecule has 11 aromatic rings. The summed E-state index contributed by atoms with van der Waals surface area (Å²) in [5, 5.41) is 2.28. The molecule has 1 spiro atoms. The summed E-state index contributed by atoms with van der Waals surface area (Å²) in [5.74, 6) is 1.81. The van der Waals surface area contributed by atoms with Gasteiger partial charge in [0.2, 0.25) is 5.95 Å². The topological polar surface area (TPSA) is 43.6 Å². The highest BCUT2D eigenvalue weighted by Crippen LogP contribution is 2.63. The third-order valence-electron chi connectivity index (χ3n) is 13.1. The molecule has 0 atom stereocenters. The highest BCUT2D eigenvalue weighted by molar-refractivity contribution is 6.14. The van der Waals surface area contributed by atoms with Gasteiger partial charge in [0.15, 0.2) is 11.6 Å². The van der Waals surface area contributed by atoms with E-state index in [9.17, 15) is 0 Å². The summed E-state index contributed by atoms with van der Waals surface area (Å²) in [5.41, 5.74) is 18.5. The minimum atomic E-state index is -0.445. The van der Waals surface area contributed by atoms with Crippen LogP contribution in [0.25, 0.3) is 95.0 Å². The van der Waals surface area contributed by atoms with Crippen molar-refractivity contribution in [3.8, 4) is 73.2 Å². The largest absolute Gasteiger partial charge is 0.277 e. The van der Waals surface area contributed by atoms with E-state index in [0.717, 1.165) is 49.6 Å². The second-order valence-corrected chi connectivity index (χ2v) is 16.3. The van der Waals surface area contributed by atoms with Crippen LogP contribution in [0, 0.1) is 0 Å². The van der Waals surface area contributed by atoms with Crippen LogP contribution in [-0.2, 0) is 5.41 Å². The Morgan fingerprint density at radius 1 is 0.306 bits per heavy atom. The number of benzene rings is 9. The number of hydrogen-bond acceptors (Lipinski definition) is 3. The average molecular weight is 789 g/mol. The molecule has 2 aliphatic carbocycles. The van der Waals surface area contributed by atoms with Crippen LogP contribution in [0.5, 0.6) is 0 Å². The molecule has 288 valence electrons. The van der Waals surface area contributed by atoms with Crippen molar-refractivity contribution in [2.24, 2.45) is 0 Å². The van der Waals surface area contributed by atoms with Gasteiger partial charge in [-0.2, -0.15) is 9.97 Å². The number of fused-ring (bicyclic) bond motifs is 13. The Kier molecular flexibility index (Phi) is 7.49. The van der Waals surface area contributed by atoms with Crippen LogP contribution in [-0.4, -0.2) is 19.5 Å². The number of aromatic nitrogens is 4. The van der Waals surface area contributed by atoms with Crippen LogP contribution in [0.15, 0.2) is 218 Å². The highest BCUT2D eigenvalue weighted by Gasteiger charge is 2.51. The molecule has 2 aromatic heterocycles. The van der Waals surface area contributed by atoms with Crippen LogP contribution < -0.4 is 0 Å². The fourth-order valence-electron chi connectivity index (χ4n) is 10.5. The molecule has 0 saturated heterocycles. The molecular weight excluding hydrogens is 753 g/mol. The third-order valence-corrected chi connectivity index (χ3v) is 13.1. The second-order valence-electron chi connectivity index (χ2n) is 16.3. The summed E-state index contributed by atoms with van der Waals surface area (Å²) < 4.78 is 2.26. The summed E-state index contributed by atoms with van der Waals surface area (Å²) in [4.78, 5) is 15.8. The Bertz CT molecular complexity index is 3500. The van der Waals surface area contributed by atoms with Gasteiger partial charge in [0.25, 0.3) is 0 Å². The summed E-state index contributed by atoms with van der Waals surface area (Å²) in [7, 11) is 0.